The first-order chi connectivity index (χ1) is 19.8. The highest BCUT2D eigenvalue weighted by molar-refractivity contribution is 8.01. The van der Waals surface area contributed by atoms with Crippen molar-refractivity contribution < 1.29 is 24.3 Å². The maximum Gasteiger partial charge on any atom is 0.139 e. The highest BCUT2D eigenvalue weighted by atomic mass is 32.2. The first-order valence-corrected chi connectivity index (χ1v) is 17.3. The zero-order valence-electron chi connectivity index (χ0n) is 26.3. The molecule has 8 rings (SSSR count). The highest BCUT2D eigenvalue weighted by Crippen LogP contribution is 2.73. The quantitative estimate of drug-likeness (QED) is 0.241. The molecule has 42 heavy (non-hydrogen) atoms. The third-order valence-electron chi connectivity index (χ3n) is 12.7. The first-order valence-electron chi connectivity index (χ1n) is 16.4. The van der Waals surface area contributed by atoms with Crippen LogP contribution in [-0.2, 0) is 29.9 Å². The Balaban J connectivity index is 1.24. The second-order valence-corrected chi connectivity index (χ2v) is 18.5. The Morgan fingerprint density at radius 2 is 1.69 bits per heavy atom. The van der Waals surface area contributed by atoms with Gasteiger partial charge in [0.2, 0.25) is 0 Å². The summed E-state index contributed by atoms with van der Waals surface area (Å²) in [6.07, 6.45) is 11.5. The van der Waals surface area contributed by atoms with Gasteiger partial charge in [-0.15, -0.1) is 11.8 Å². The number of fused-ring (bicyclic) bond motifs is 4. The van der Waals surface area contributed by atoms with Crippen LogP contribution in [0.3, 0.4) is 0 Å². The zero-order chi connectivity index (χ0) is 29.3. The normalized spacial score (nSPS) is 46.7. The summed E-state index contributed by atoms with van der Waals surface area (Å²) < 4.78 is 0.0481. The minimum Gasteiger partial charge on any atom is -0.299 e. The molecule has 5 fully saturated rings. The van der Waals surface area contributed by atoms with Crippen molar-refractivity contribution in [3.63, 3.8) is 0 Å². The molecule has 228 valence electrons. The van der Waals surface area contributed by atoms with Crippen molar-refractivity contribution in [1.82, 2.24) is 0 Å². The van der Waals surface area contributed by atoms with Gasteiger partial charge in [0.1, 0.15) is 17.0 Å². The van der Waals surface area contributed by atoms with Gasteiger partial charge in [0.05, 0.1) is 13.2 Å². The van der Waals surface area contributed by atoms with Crippen molar-refractivity contribution in [2.75, 3.05) is 13.2 Å². The van der Waals surface area contributed by atoms with Crippen molar-refractivity contribution in [2.45, 2.75) is 126 Å². The Morgan fingerprint density at radius 1 is 0.929 bits per heavy atom. The number of ketones is 1. The average Bonchev–Trinajstić information content (AvgIpc) is 3.21. The number of thioether (sulfide) groups is 1. The monoisotopic (exact) mass is 592 g/mol. The topological polar surface area (TPSA) is 54.0 Å². The molecule has 1 aromatic rings. The Hall–Kier alpha value is -1.18. The molecule has 0 N–H and O–H groups in total. The van der Waals surface area contributed by atoms with Crippen molar-refractivity contribution in [2.24, 2.45) is 34.0 Å². The molecule has 3 aliphatic heterocycles. The van der Waals surface area contributed by atoms with E-state index in [-0.39, 0.29) is 26.6 Å². The molecule has 6 heteroatoms. The lowest BCUT2D eigenvalue weighted by Crippen LogP contribution is -2.60. The summed E-state index contributed by atoms with van der Waals surface area (Å²) in [6.45, 7) is 14.9. The van der Waals surface area contributed by atoms with Crippen LogP contribution in [0.15, 0.2) is 34.7 Å². The molecule has 0 aromatic heterocycles. The van der Waals surface area contributed by atoms with Crippen LogP contribution in [-0.4, -0.2) is 29.3 Å². The maximum atomic E-state index is 13.5. The minimum absolute atomic E-state index is 0.0481. The van der Waals surface area contributed by atoms with Gasteiger partial charge < -0.3 is 0 Å². The van der Waals surface area contributed by atoms with Crippen LogP contribution in [0.1, 0.15) is 116 Å². The van der Waals surface area contributed by atoms with Gasteiger partial charge in [-0.25, -0.2) is 19.6 Å². The Kier molecular flexibility index (Phi) is 6.04. The summed E-state index contributed by atoms with van der Waals surface area (Å²) in [5.74, 6) is 2.52. The van der Waals surface area contributed by atoms with Crippen molar-refractivity contribution in [3.05, 3.63) is 41.0 Å². The molecule has 4 aliphatic carbocycles. The van der Waals surface area contributed by atoms with Crippen LogP contribution < -0.4 is 0 Å². The predicted octanol–water partition coefficient (Wildman–Crippen LogP) is 8.46. The maximum absolute atomic E-state index is 13.5. The molecule has 0 radical (unpaired) electrons. The Labute approximate surface area is 255 Å². The van der Waals surface area contributed by atoms with Gasteiger partial charge in [0.25, 0.3) is 0 Å². The van der Waals surface area contributed by atoms with Gasteiger partial charge in [0, 0.05) is 27.9 Å². The van der Waals surface area contributed by atoms with Crippen LogP contribution in [0, 0.1) is 34.0 Å². The molecular weight excluding hydrogens is 544 g/mol. The molecule has 5 nitrogen and oxygen atoms in total. The van der Waals surface area contributed by atoms with Crippen molar-refractivity contribution in [3.8, 4) is 0 Å². The lowest BCUT2D eigenvalue weighted by atomic mass is 9.47. The summed E-state index contributed by atoms with van der Waals surface area (Å²) in [6, 6.07) is 7.12. The van der Waals surface area contributed by atoms with Gasteiger partial charge in [-0.05, 0) is 104 Å². The molecule has 3 saturated carbocycles. The minimum atomic E-state index is -0.486. The molecule has 7 aliphatic rings. The largest absolute Gasteiger partial charge is 0.299 e. The fourth-order valence-corrected chi connectivity index (χ4v) is 13.0. The molecule has 3 heterocycles. The van der Waals surface area contributed by atoms with Crippen molar-refractivity contribution >= 4 is 17.5 Å². The third-order valence-corrected chi connectivity index (χ3v) is 14.4. The van der Waals surface area contributed by atoms with E-state index >= 15 is 0 Å². The van der Waals surface area contributed by atoms with Gasteiger partial charge >= 0.3 is 0 Å². The standard InChI is InChI=1S/C36H48O5S/c1-31(2)18-34(6,40-38-20-31)22-7-9-24-26-17-33(5)27(11-12-29(33)37)25-10-8-23-16-35(19-32(3,4)21-39-41-35)13-14-36(23,30(25)26)42-28(24)15-22/h7-9,15,25-27,30H,10-14,16-21H2,1-6H3/t25-,26+,27-,30+,33-,34?,35?,36+/m0/s1. The summed E-state index contributed by atoms with van der Waals surface area (Å²) in [7, 11) is 0. The number of hydrogen-bond donors (Lipinski definition) is 0. The van der Waals surface area contributed by atoms with Gasteiger partial charge in [0.15, 0.2) is 0 Å². The lowest BCUT2D eigenvalue weighted by molar-refractivity contribution is -0.408. The SMILES string of the molecule is CC1(C)COOC2(CC[C@@]34Sc5cc(C6(C)CC(C)(C)COO6)ccc5[C@H]5C[C@]6(C)C(=O)CC[C@H]6[C@H](CC=C3C2)[C@H]54)C1. The summed E-state index contributed by atoms with van der Waals surface area (Å²) in [4.78, 5) is 38.7. The van der Waals surface area contributed by atoms with E-state index in [4.69, 9.17) is 19.6 Å². The van der Waals surface area contributed by atoms with Crippen LogP contribution in [0.25, 0.3) is 0 Å². The molecule has 8 atom stereocenters. The van der Waals surface area contributed by atoms with E-state index in [9.17, 15) is 4.79 Å². The second-order valence-electron chi connectivity index (χ2n) is 17.2. The lowest BCUT2D eigenvalue weighted by Gasteiger charge is -2.64. The summed E-state index contributed by atoms with van der Waals surface area (Å²) >= 11 is 2.14. The fourth-order valence-electron chi connectivity index (χ4n) is 11.1. The van der Waals surface area contributed by atoms with E-state index in [1.54, 1.807) is 5.57 Å². The van der Waals surface area contributed by atoms with E-state index in [0.717, 1.165) is 57.8 Å². The van der Waals surface area contributed by atoms with E-state index in [1.807, 2.05) is 0 Å². The van der Waals surface area contributed by atoms with Gasteiger partial charge in [-0.1, -0.05) is 58.4 Å². The molecular formula is C36H48O5S. The van der Waals surface area contributed by atoms with Crippen LogP contribution in [0.5, 0.6) is 0 Å². The number of carbonyl (C=O) groups excluding carboxylic acids is 1. The van der Waals surface area contributed by atoms with Crippen LogP contribution in [0.4, 0.5) is 0 Å². The number of allylic oxidation sites excluding steroid dienone is 1. The average molecular weight is 593 g/mol. The number of rotatable bonds is 1. The van der Waals surface area contributed by atoms with Gasteiger partial charge in [-0.2, -0.15) is 0 Å². The van der Waals surface area contributed by atoms with Gasteiger partial charge in [-0.3, -0.25) is 4.79 Å². The zero-order valence-corrected chi connectivity index (χ0v) is 27.2. The van der Waals surface area contributed by atoms with Crippen molar-refractivity contribution in [1.29, 1.82) is 0 Å². The fraction of sp³-hybridized carbons (Fsp3) is 0.750. The molecule has 0 amide bonds. The number of carbonyl (C=O) groups is 1. The van der Waals surface area contributed by atoms with E-state index < -0.39 is 5.60 Å². The Bertz CT molecular complexity index is 1370. The van der Waals surface area contributed by atoms with Crippen LogP contribution in [0.2, 0.25) is 0 Å². The van der Waals surface area contributed by atoms with E-state index in [1.165, 1.54) is 16.0 Å². The summed E-state index contributed by atoms with van der Waals surface area (Å²) in [5.41, 5.74) is 3.49. The Morgan fingerprint density at radius 3 is 2.45 bits per heavy atom. The van der Waals surface area contributed by atoms with Crippen LogP contribution >= 0.6 is 11.8 Å². The predicted molar refractivity (Wildman–Crippen MR) is 163 cm³/mol. The molecule has 0 bridgehead atoms. The van der Waals surface area contributed by atoms with E-state index in [0.29, 0.717) is 42.7 Å². The van der Waals surface area contributed by atoms with E-state index in [2.05, 4.69) is 77.6 Å². The molecule has 2 unspecified atom stereocenters. The molecule has 1 aromatic carbocycles. The number of hydrogen-bond acceptors (Lipinski definition) is 6. The third kappa shape index (κ3) is 4.00. The smallest absolute Gasteiger partial charge is 0.139 e. The second kappa shape index (κ2) is 8.96. The number of benzene rings is 1. The highest BCUT2D eigenvalue weighted by Gasteiger charge is 2.66. The summed E-state index contributed by atoms with van der Waals surface area (Å²) in [5, 5.41) is 0. The first kappa shape index (κ1) is 28.3. The molecule has 2 spiro atoms. The molecule has 2 saturated heterocycles. The number of Topliss-reactive ketones (excluding diaryl/α,β-unsaturated/α-hetero) is 1.